The summed E-state index contributed by atoms with van der Waals surface area (Å²) in [5.41, 5.74) is 5.19. The zero-order valence-corrected chi connectivity index (χ0v) is 17.5. The third-order valence-corrected chi connectivity index (χ3v) is 6.47. The maximum atomic E-state index is 13.1. The first-order chi connectivity index (χ1) is 14.0. The molecule has 1 N–H and O–H groups in total. The minimum Gasteiger partial charge on any atom is -0.289 e. The molecule has 1 aromatic carbocycles. The van der Waals surface area contributed by atoms with E-state index in [0.717, 1.165) is 26.4 Å². The fraction of sp³-hybridized carbons (Fsp3) is 0.143. The molecule has 0 aliphatic heterocycles. The van der Waals surface area contributed by atoms with Crippen LogP contribution in [0, 0.1) is 13.8 Å². The van der Waals surface area contributed by atoms with Crippen molar-refractivity contribution in [2.75, 3.05) is 0 Å². The summed E-state index contributed by atoms with van der Waals surface area (Å²) in [6, 6.07) is 11.7. The van der Waals surface area contributed by atoms with Crippen LogP contribution in [0.5, 0.6) is 0 Å². The summed E-state index contributed by atoms with van der Waals surface area (Å²) >= 11 is 3.03. The van der Waals surface area contributed by atoms with Gasteiger partial charge in [-0.3, -0.25) is 14.2 Å². The van der Waals surface area contributed by atoms with E-state index in [-0.39, 0.29) is 18.0 Å². The second-order valence-corrected chi connectivity index (χ2v) is 8.67. The molecule has 4 aromatic rings. The van der Waals surface area contributed by atoms with Gasteiger partial charge in [0.25, 0.3) is 11.5 Å². The molecule has 8 heteroatoms. The van der Waals surface area contributed by atoms with E-state index in [9.17, 15) is 9.59 Å². The van der Waals surface area contributed by atoms with E-state index < -0.39 is 0 Å². The predicted molar refractivity (Wildman–Crippen MR) is 119 cm³/mol. The van der Waals surface area contributed by atoms with Crippen LogP contribution in [0.4, 0.5) is 0 Å². The number of hydrazone groups is 1. The van der Waals surface area contributed by atoms with E-state index in [1.54, 1.807) is 17.6 Å². The van der Waals surface area contributed by atoms with E-state index in [2.05, 4.69) is 15.5 Å². The summed E-state index contributed by atoms with van der Waals surface area (Å²) in [5, 5.41) is 6.50. The van der Waals surface area contributed by atoms with Crippen LogP contribution in [0.3, 0.4) is 0 Å². The molecule has 0 radical (unpaired) electrons. The second kappa shape index (κ2) is 8.10. The average molecular weight is 423 g/mol. The van der Waals surface area contributed by atoms with Crippen molar-refractivity contribution in [1.82, 2.24) is 15.0 Å². The smallest absolute Gasteiger partial charge is 0.263 e. The summed E-state index contributed by atoms with van der Waals surface area (Å²) < 4.78 is 1.32. The first-order valence-corrected chi connectivity index (χ1v) is 10.6. The SMILES string of the molecule is Cc1ccsc1/C=N\NC(=O)Cn1cnc2sc(C)c(-c3ccccc3)c2c1=O. The minimum atomic E-state index is -0.382. The number of benzene rings is 1. The number of fused-ring (bicyclic) bond motifs is 1. The molecule has 0 saturated heterocycles. The molecular weight excluding hydrogens is 404 g/mol. The standard InChI is InChI=1S/C21H18N4O2S2/c1-13-8-9-28-16(13)10-23-24-17(26)11-25-12-22-20-19(21(25)27)18(14(2)29-20)15-6-4-3-5-7-15/h3-10,12H,11H2,1-2H3,(H,24,26)/b23-10-. The zero-order valence-electron chi connectivity index (χ0n) is 15.9. The van der Waals surface area contributed by atoms with Crippen molar-refractivity contribution < 1.29 is 4.79 Å². The van der Waals surface area contributed by atoms with E-state index in [1.165, 1.54) is 22.2 Å². The fourth-order valence-electron chi connectivity index (χ4n) is 3.07. The van der Waals surface area contributed by atoms with Crippen LogP contribution in [0.15, 0.2) is 58.0 Å². The molecule has 0 spiro atoms. The van der Waals surface area contributed by atoms with Gasteiger partial charge in [0, 0.05) is 15.3 Å². The molecule has 0 bridgehead atoms. The van der Waals surface area contributed by atoms with E-state index >= 15 is 0 Å². The molecule has 0 fully saturated rings. The fourth-order valence-corrected chi connectivity index (χ4v) is 4.86. The Morgan fingerprint density at radius 3 is 2.76 bits per heavy atom. The Morgan fingerprint density at radius 2 is 2.03 bits per heavy atom. The number of nitrogens with one attached hydrogen (secondary N) is 1. The van der Waals surface area contributed by atoms with E-state index in [0.29, 0.717) is 10.2 Å². The third kappa shape index (κ3) is 3.90. The lowest BCUT2D eigenvalue weighted by Gasteiger charge is -2.06. The molecule has 0 saturated carbocycles. The van der Waals surface area contributed by atoms with Gasteiger partial charge in [-0.25, -0.2) is 10.4 Å². The molecule has 6 nitrogen and oxygen atoms in total. The lowest BCUT2D eigenvalue weighted by Crippen LogP contribution is -2.30. The van der Waals surface area contributed by atoms with Gasteiger partial charge in [-0.2, -0.15) is 5.10 Å². The van der Waals surface area contributed by atoms with Gasteiger partial charge in [0.1, 0.15) is 11.4 Å². The normalized spacial score (nSPS) is 11.4. The van der Waals surface area contributed by atoms with Gasteiger partial charge in [-0.05, 0) is 36.4 Å². The Bertz CT molecular complexity index is 1270. The molecule has 29 heavy (non-hydrogen) atoms. The highest BCUT2D eigenvalue weighted by molar-refractivity contribution is 7.19. The topological polar surface area (TPSA) is 76.3 Å². The van der Waals surface area contributed by atoms with Crippen LogP contribution in [0.25, 0.3) is 21.3 Å². The van der Waals surface area contributed by atoms with Crippen LogP contribution in [-0.4, -0.2) is 21.7 Å². The number of rotatable bonds is 5. The number of hydrogen-bond acceptors (Lipinski definition) is 6. The van der Waals surface area contributed by atoms with Crippen molar-refractivity contribution in [3.05, 3.63) is 73.8 Å². The van der Waals surface area contributed by atoms with Gasteiger partial charge in [-0.15, -0.1) is 22.7 Å². The highest BCUT2D eigenvalue weighted by atomic mass is 32.1. The third-order valence-electron chi connectivity index (χ3n) is 4.50. The van der Waals surface area contributed by atoms with Crippen LogP contribution in [0.2, 0.25) is 0 Å². The number of carbonyl (C=O) groups is 1. The number of thiophene rings is 2. The molecule has 0 unspecified atom stereocenters. The van der Waals surface area contributed by atoms with Gasteiger partial charge in [-0.1, -0.05) is 30.3 Å². The molecular formula is C21H18N4O2S2. The van der Waals surface area contributed by atoms with Gasteiger partial charge < -0.3 is 0 Å². The van der Waals surface area contributed by atoms with Crippen LogP contribution in [-0.2, 0) is 11.3 Å². The monoisotopic (exact) mass is 422 g/mol. The van der Waals surface area contributed by atoms with Crippen LogP contribution >= 0.6 is 22.7 Å². The lowest BCUT2D eigenvalue weighted by atomic mass is 10.0. The largest absolute Gasteiger partial charge is 0.289 e. The maximum Gasteiger partial charge on any atom is 0.263 e. The van der Waals surface area contributed by atoms with Crippen molar-refractivity contribution in [1.29, 1.82) is 0 Å². The quantitative estimate of drug-likeness (QED) is 0.391. The number of hydrogen-bond donors (Lipinski definition) is 1. The first kappa shape index (κ1) is 19.2. The van der Waals surface area contributed by atoms with Gasteiger partial charge >= 0.3 is 0 Å². The average Bonchev–Trinajstić information content (AvgIpc) is 3.27. The van der Waals surface area contributed by atoms with Gasteiger partial charge in [0.15, 0.2) is 0 Å². The predicted octanol–water partition coefficient (Wildman–Crippen LogP) is 3.95. The van der Waals surface area contributed by atoms with Gasteiger partial charge in [0.2, 0.25) is 0 Å². The number of aryl methyl sites for hydroxylation is 2. The summed E-state index contributed by atoms with van der Waals surface area (Å²) in [6.07, 6.45) is 3.03. The molecule has 1 amide bonds. The van der Waals surface area contributed by atoms with Gasteiger partial charge in [0.05, 0.1) is 17.9 Å². The summed E-state index contributed by atoms with van der Waals surface area (Å²) in [6.45, 7) is 3.81. The van der Waals surface area contributed by atoms with Crippen molar-refractivity contribution in [3.63, 3.8) is 0 Å². The zero-order chi connectivity index (χ0) is 20.4. The van der Waals surface area contributed by atoms with Crippen molar-refractivity contribution in [3.8, 4) is 11.1 Å². The number of carbonyl (C=O) groups excluding carboxylic acids is 1. The molecule has 0 aliphatic carbocycles. The molecule has 0 atom stereocenters. The molecule has 3 heterocycles. The molecule has 146 valence electrons. The Balaban J connectivity index is 1.61. The number of nitrogens with zero attached hydrogens (tertiary/aromatic N) is 3. The highest BCUT2D eigenvalue weighted by Gasteiger charge is 2.17. The lowest BCUT2D eigenvalue weighted by molar-refractivity contribution is -0.121. The Morgan fingerprint density at radius 1 is 1.24 bits per heavy atom. The van der Waals surface area contributed by atoms with E-state index in [1.807, 2.05) is 55.6 Å². The number of amides is 1. The van der Waals surface area contributed by atoms with Crippen molar-refractivity contribution >= 4 is 45.0 Å². The molecule has 3 aromatic heterocycles. The Kier molecular flexibility index (Phi) is 5.37. The van der Waals surface area contributed by atoms with Crippen LogP contribution < -0.4 is 11.0 Å². The molecule has 4 rings (SSSR count). The van der Waals surface area contributed by atoms with Crippen molar-refractivity contribution in [2.24, 2.45) is 5.10 Å². The maximum absolute atomic E-state index is 13.1. The van der Waals surface area contributed by atoms with Crippen LogP contribution in [0.1, 0.15) is 15.3 Å². The molecule has 0 aliphatic rings. The van der Waals surface area contributed by atoms with E-state index in [4.69, 9.17) is 0 Å². The summed E-state index contributed by atoms with van der Waals surface area (Å²) in [7, 11) is 0. The minimum absolute atomic E-state index is 0.147. The van der Waals surface area contributed by atoms with Crippen molar-refractivity contribution in [2.45, 2.75) is 20.4 Å². The second-order valence-electron chi connectivity index (χ2n) is 6.52. The Labute approximate surface area is 175 Å². The Hall–Kier alpha value is -3.10. The summed E-state index contributed by atoms with van der Waals surface area (Å²) in [5.74, 6) is -0.382. The summed E-state index contributed by atoms with van der Waals surface area (Å²) in [4.78, 5) is 32.4. The highest BCUT2D eigenvalue weighted by Crippen LogP contribution is 2.35. The number of aromatic nitrogens is 2. The first-order valence-electron chi connectivity index (χ1n) is 8.94.